The lowest BCUT2D eigenvalue weighted by atomic mass is 9.97. The van der Waals surface area contributed by atoms with Crippen molar-refractivity contribution in [3.05, 3.63) is 45.6 Å². The highest BCUT2D eigenvalue weighted by Crippen LogP contribution is 2.46. The topological polar surface area (TPSA) is 62.2 Å². The van der Waals surface area contributed by atoms with Crippen LogP contribution in [0.2, 0.25) is 10.0 Å². The Balaban J connectivity index is 1.80. The molecule has 0 bridgehead atoms. The summed E-state index contributed by atoms with van der Waals surface area (Å²) in [5.41, 5.74) is 0.414. The second-order valence-electron chi connectivity index (χ2n) is 7.63. The molecule has 176 valence electrons. The number of carbonyl (C=O) groups excluding carboxylic acids is 1. The highest BCUT2D eigenvalue weighted by atomic mass is 35.5. The molecule has 2 heterocycles. The van der Waals surface area contributed by atoms with Crippen LogP contribution in [0, 0.1) is 0 Å². The van der Waals surface area contributed by atoms with E-state index in [0.717, 1.165) is 24.3 Å². The second-order valence-corrected chi connectivity index (χ2v) is 8.45. The maximum Gasteiger partial charge on any atom is 0.410 e. The molecule has 32 heavy (non-hydrogen) atoms. The van der Waals surface area contributed by atoms with Crippen molar-refractivity contribution >= 4 is 34.9 Å². The van der Waals surface area contributed by atoms with Gasteiger partial charge in [-0.25, -0.2) is 4.68 Å². The minimum atomic E-state index is -4.56. The number of fused-ring (bicyclic) bond motifs is 1. The van der Waals surface area contributed by atoms with Crippen molar-refractivity contribution in [2.45, 2.75) is 44.9 Å². The van der Waals surface area contributed by atoms with Crippen LogP contribution in [-0.4, -0.2) is 52.9 Å². The Morgan fingerprint density at radius 3 is 2.50 bits per heavy atom. The predicted octanol–water partition coefficient (Wildman–Crippen LogP) is 5.31. The van der Waals surface area contributed by atoms with Crippen molar-refractivity contribution in [3.63, 3.8) is 0 Å². The van der Waals surface area contributed by atoms with E-state index >= 15 is 0 Å². The van der Waals surface area contributed by atoms with Gasteiger partial charge in [-0.2, -0.15) is 18.3 Å². The number of aromatic nitrogens is 2. The summed E-state index contributed by atoms with van der Waals surface area (Å²) in [5, 5.41) is 10.0. The van der Waals surface area contributed by atoms with Crippen LogP contribution in [0.3, 0.4) is 0 Å². The lowest BCUT2D eigenvalue weighted by Gasteiger charge is -2.33. The molecule has 0 fully saturated rings. The van der Waals surface area contributed by atoms with E-state index < -0.39 is 24.2 Å². The van der Waals surface area contributed by atoms with Gasteiger partial charge in [0, 0.05) is 18.0 Å². The van der Waals surface area contributed by atoms with Crippen LogP contribution in [0.25, 0.3) is 0 Å². The van der Waals surface area contributed by atoms with Gasteiger partial charge in [-0.05, 0) is 43.8 Å². The third-order valence-electron chi connectivity index (χ3n) is 5.61. The maximum atomic E-state index is 13.8. The number of anilines is 1. The molecule has 11 heteroatoms. The molecule has 0 radical (unpaired) electrons. The molecule has 0 aliphatic carbocycles. The number of hydrogen-bond acceptors (Lipinski definition) is 4. The predicted molar refractivity (Wildman–Crippen MR) is 119 cm³/mol. The maximum absolute atomic E-state index is 13.8. The summed E-state index contributed by atoms with van der Waals surface area (Å²) >= 11 is 12.2. The van der Waals surface area contributed by atoms with Crippen LogP contribution in [0.15, 0.2) is 24.3 Å². The minimum absolute atomic E-state index is 0.0199. The zero-order valence-electron chi connectivity index (χ0n) is 17.8. The first kappa shape index (κ1) is 24.7. The van der Waals surface area contributed by atoms with Crippen LogP contribution in [0.1, 0.15) is 54.8 Å². The Morgan fingerprint density at radius 1 is 1.25 bits per heavy atom. The highest BCUT2D eigenvalue weighted by molar-refractivity contribution is 6.36. The van der Waals surface area contributed by atoms with Gasteiger partial charge < -0.3 is 15.5 Å². The Labute approximate surface area is 195 Å². The fourth-order valence-electron chi connectivity index (χ4n) is 3.78. The Hall–Kier alpha value is -1.97. The number of rotatable bonds is 8. The summed E-state index contributed by atoms with van der Waals surface area (Å²) in [6, 6.07) is 3.98. The van der Waals surface area contributed by atoms with Crippen LogP contribution >= 0.6 is 23.2 Å². The minimum Gasteiger partial charge on any atom is -0.362 e. The summed E-state index contributed by atoms with van der Waals surface area (Å²) < 4.78 is 42.3. The molecule has 1 aromatic heterocycles. The van der Waals surface area contributed by atoms with E-state index in [1.54, 1.807) is 24.3 Å². The van der Waals surface area contributed by atoms with Crippen molar-refractivity contribution in [1.82, 2.24) is 20.0 Å². The Kier molecular flexibility index (Phi) is 7.95. The fourth-order valence-corrected chi connectivity index (χ4v) is 4.17. The number of benzene rings is 1. The van der Waals surface area contributed by atoms with Gasteiger partial charge in [-0.1, -0.05) is 49.2 Å². The molecule has 3 rings (SSSR count). The third-order valence-corrected chi connectivity index (χ3v) is 6.22. The molecule has 1 aromatic carbocycles. The molecular formula is C21H26Cl2F3N5O. The Morgan fingerprint density at radius 2 is 1.91 bits per heavy atom. The average Bonchev–Trinajstić information content (AvgIpc) is 3.09. The van der Waals surface area contributed by atoms with E-state index in [0.29, 0.717) is 23.6 Å². The van der Waals surface area contributed by atoms with E-state index in [4.69, 9.17) is 23.2 Å². The van der Waals surface area contributed by atoms with Gasteiger partial charge in [-0.3, -0.25) is 4.79 Å². The van der Waals surface area contributed by atoms with Gasteiger partial charge in [0.2, 0.25) is 0 Å². The third kappa shape index (κ3) is 5.50. The zero-order chi connectivity index (χ0) is 23.5. The normalized spacial score (nSPS) is 18.4. The van der Waals surface area contributed by atoms with Crippen LogP contribution in [0.4, 0.5) is 19.0 Å². The summed E-state index contributed by atoms with van der Waals surface area (Å²) in [5.74, 6) is -0.615. The summed E-state index contributed by atoms with van der Waals surface area (Å²) in [4.78, 5) is 14.8. The van der Waals surface area contributed by atoms with Gasteiger partial charge in [0.1, 0.15) is 10.8 Å². The van der Waals surface area contributed by atoms with E-state index in [-0.39, 0.29) is 23.0 Å². The van der Waals surface area contributed by atoms with E-state index in [2.05, 4.69) is 34.5 Å². The van der Waals surface area contributed by atoms with Gasteiger partial charge in [0.15, 0.2) is 11.7 Å². The Bertz CT molecular complexity index is 929. The molecule has 0 saturated carbocycles. The largest absolute Gasteiger partial charge is 0.410 e. The number of carbonyl (C=O) groups is 1. The second kappa shape index (κ2) is 10.3. The number of halogens is 5. The number of alkyl halides is 3. The molecule has 1 aliphatic heterocycles. The van der Waals surface area contributed by atoms with E-state index in [9.17, 15) is 18.0 Å². The number of amides is 1. The molecule has 2 aromatic rings. The molecule has 2 atom stereocenters. The molecule has 2 N–H and O–H groups in total. The quantitative estimate of drug-likeness (QED) is 0.491. The van der Waals surface area contributed by atoms with Gasteiger partial charge in [-0.15, -0.1) is 0 Å². The smallest absolute Gasteiger partial charge is 0.362 e. The summed E-state index contributed by atoms with van der Waals surface area (Å²) in [7, 11) is 0. The van der Waals surface area contributed by atoms with E-state index in [1.165, 1.54) is 0 Å². The first-order valence-corrected chi connectivity index (χ1v) is 11.3. The van der Waals surface area contributed by atoms with Crippen LogP contribution in [-0.2, 0) is 0 Å². The SMILES string of the molecule is CCN(CC)CCCNC(=O)c1nn2c(c1Cl)N[C@@H](c1ccc(Cl)cc1)C[C@H]2C(F)(F)F. The summed E-state index contributed by atoms with van der Waals surface area (Å²) in [6.45, 7) is 7.10. The lowest BCUT2D eigenvalue weighted by Crippen LogP contribution is -2.36. The van der Waals surface area contributed by atoms with Gasteiger partial charge in [0.05, 0.1) is 6.04 Å². The highest BCUT2D eigenvalue weighted by Gasteiger charge is 2.47. The van der Waals surface area contributed by atoms with Crippen molar-refractivity contribution in [1.29, 1.82) is 0 Å². The zero-order valence-corrected chi connectivity index (χ0v) is 19.4. The van der Waals surface area contributed by atoms with Crippen molar-refractivity contribution < 1.29 is 18.0 Å². The van der Waals surface area contributed by atoms with E-state index in [1.807, 2.05) is 0 Å². The lowest BCUT2D eigenvalue weighted by molar-refractivity contribution is -0.173. The molecular weight excluding hydrogens is 466 g/mol. The number of nitrogens with one attached hydrogen (secondary N) is 2. The average molecular weight is 492 g/mol. The van der Waals surface area contributed by atoms with Crippen molar-refractivity contribution in [2.24, 2.45) is 0 Å². The molecule has 0 spiro atoms. The standard InChI is InChI=1S/C21H26Cl2F3N5O/c1-3-30(4-2)11-5-10-27-20(32)18-17(23)19-28-15(13-6-8-14(22)9-7-13)12-16(21(24,25)26)31(19)29-18/h6-9,15-16,28H,3-5,10-12H2,1-2H3,(H,27,32)/t15-,16+/m1/s1. The van der Waals surface area contributed by atoms with Crippen molar-refractivity contribution in [2.75, 3.05) is 31.5 Å². The van der Waals surface area contributed by atoms with Crippen LogP contribution < -0.4 is 10.6 Å². The molecule has 0 saturated heterocycles. The molecule has 0 unspecified atom stereocenters. The molecule has 1 aliphatic rings. The molecule has 6 nitrogen and oxygen atoms in total. The van der Waals surface area contributed by atoms with Gasteiger partial charge in [0.25, 0.3) is 5.91 Å². The number of nitrogens with zero attached hydrogens (tertiary/aromatic N) is 3. The van der Waals surface area contributed by atoms with Gasteiger partial charge >= 0.3 is 6.18 Å². The first-order valence-electron chi connectivity index (χ1n) is 10.5. The summed E-state index contributed by atoms with van der Waals surface area (Å²) in [6.07, 6.45) is -4.14. The van der Waals surface area contributed by atoms with Crippen molar-refractivity contribution in [3.8, 4) is 0 Å². The number of hydrogen-bond donors (Lipinski definition) is 2. The van der Waals surface area contributed by atoms with Crippen LogP contribution in [0.5, 0.6) is 0 Å². The first-order chi connectivity index (χ1) is 15.2. The fraction of sp³-hybridized carbons (Fsp3) is 0.524. The molecule has 1 amide bonds. The monoisotopic (exact) mass is 491 g/mol.